The molecule has 0 spiro atoms. The number of hydrogen-bond acceptors (Lipinski definition) is 5. The van der Waals surface area contributed by atoms with Crippen molar-refractivity contribution in [3.8, 4) is 0 Å². The van der Waals surface area contributed by atoms with E-state index in [1.807, 2.05) is 0 Å². The number of hydrogen-bond donors (Lipinski definition) is 3. The number of allylic oxidation sites excluding steroid dienone is 2. The van der Waals surface area contributed by atoms with E-state index >= 15 is 0 Å². The Morgan fingerprint density at radius 1 is 0.806 bits per heavy atom. The van der Waals surface area contributed by atoms with Crippen LogP contribution in [-0.4, -0.2) is 59.6 Å². The highest BCUT2D eigenvalue weighted by Crippen LogP contribution is 2.18. The number of aliphatic hydroxyl groups excluding tert-OH is 3. The Labute approximate surface area is 191 Å². The van der Waals surface area contributed by atoms with E-state index in [9.17, 15) is 15.3 Å². The molecular weight excluding hydrogens is 392 g/mol. The molecule has 0 unspecified atom stereocenters. The van der Waals surface area contributed by atoms with Gasteiger partial charge in [-0.15, -0.1) is 0 Å². The van der Waals surface area contributed by atoms with Crippen molar-refractivity contribution < 1.29 is 24.8 Å². The molecule has 0 saturated carbocycles. The minimum absolute atomic E-state index is 0.0696. The van der Waals surface area contributed by atoms with E-state index in [-0.39, 0.29) is 13.2 Å². The van der Waals surface area contributed by atoms with Crippen LogP contribution >= 0.6 is 0 Å². The van der Waals surface area contributed by atoms with Crippen molar-refractivity contribution in [2.45, 2.75) is 134 Å². The van der Waals surface area contributed by atoms with E-state index in [1.165, 1.54) is 89.9 Å². The summed E-state index contributed by atoms with van der Waals surface area (Å²) in [6.07, 6.45) is 22.0. The average molecular weight is 443 g/mol. The molecule has 0 bridgehead atoms. The molecule has 3 N–H and O–H groups in total. The van der Waals surface area contributed by atoms with Gasteiger partial charge in [-0.3, -0.25) is 0 Å². The van der Waals surface area contributed by atoms with Crippen molar-refractivity contribution in [1.82, 2.24) is 0 Å². The molecule has 0 aliphatic carbocycles. The summed E-state index contributed by atoms with van der Waals surface area (Å²) in [6.45, 7) is 3.06. The van der Waals surface area contributed by atoms with Gasteiger partial charge in [-0.05, 0) is 25.7 Å². The molecule has 4 atom stereocenters. The van der Waals surface area contributed by atoms with Gasteiger partial charge < -0.3 is 24.8 Å². The van der Waals surface area contributed by atoms with E-state index in [2.05, 4.69) is 19.1 Å². The lowest BCUT2D eigenvalue weighted by molar-refractivity contribution is -0.0813. The molecule has 1 rings (SSSR count). The van der Waals surface area contributed by atoms with Crippen LogP contribution in [0.3, 0.4) is 0 Å². The molecule has 1 saturated heterocycles. The van der Waals surface area contributed by atoms with Gasteiger partial charge >= 0.3 is 0 Å². The summed E-state index contributed by atoms with van der Waals surface area (Å²) < 4.78 is 10.7. The lowest BCUT2D eigenvalue weighted by Gasteiger charge is -2.20. The maximum Gasteiger partial charge on any atom is 0.114 e. The standard InChI is InChI=1S/C26H50O5/c1-2-3-4-5-6-7-8-9-10-11-12-13-14-15-16-17-18-19-20-30-21-24(28)26-25(29)23(27)22-31-26/h4-5,23-29H,2-3,6-22H2,1H3/b5-4+/t23-,24+,25+,26+/m0/s1. The minimum Gasteiger partial charge on any atom is -0.388 e. The highest BCUT2D eigenvalue weighted by atomic mass is 16.5. The largest absolute Gasteiger partial charge is 0.388 e. The van der Waals surface area contributed by atoms with Gasteiger partial charge in [-0.1, -0.05) is 96.1 Å². The smallest absolute Gasteiger partial charge is 0.114 e. The molecule has 0 radical (unpaired) electrons. The first-order valence-corrected chi connectivity index (χ1v) is 13.0. The van der Waals surface area contributed by atoms with Crippen LogP contribution in [0.25, 0.3) is 0 Å². The first-order valence-electron chi connectivity index (χ1n) is 13.0. The predicted molar refractivity (Wildman–Crippen MR) is 127 cm³/mol. The van der Waals surface area contributed by atoms with Crippen molar-refractivity contribution in [3.63, 3.8) is 0 Å². The third-order valence-electron chi connectivity index (χ3n) is 6.14. The van der Waals surface area contributed by atoms with E-state index in [4.69, 9.17) is 9.47 Å². The van der Waals surface area contributed by atoms with Gasteiger partial charge in [0, 0.05) is 6.61 Å². The van der Waals surface area contributed by atoms with Gasteiger partial charge in [0.25, 0.3) is 0 Å². The van der Waals surface area contributed by atoms with E-state index in [0.29, 0.717) is 6.61 Å². The van der Waals surface area contributed by atoms with Gasteiger partial charge in [0.05, 0.1) is 13.2 Å². The van der Waals surface area contributed by atoms with Crippen LogP contribution in [0.2, 0.25) is 0 Å². The third-order valence-corrected chi connectivity index (χ3v) is 6.14. The number of rotatable bonds is 21. The quantitative estimate of drug-likeness (QED) is 0.166. The average Bonchev–Trinajstić information content (AvgIpc) is 3.10. The van der Waals surface area contributed by atoms with Gasteiger partial charge in [0.1, 0.15) is 24.4 Å². The minimum atomic E-state index is -1.03. The monoisotopic (exact) mass is 442 g/mol. The summed E-state index contributed by atoms with van der Waals surface area (Å²) in [5.41, 5.74) is 0. The predicted octanol–water partition coefficient (Wildman–Crippen LogP) is 5.30. The van der Waals surface area contributed by atoms with Crippen molar-refractivity contribution >= 4 is 0 Å². The molecule has 184 valence electrons. The molecule has 31 heavy (non-hydrogen) atoms. The van der Waals surface area contributed by atoms with Crippen LogP contribution < -0.4 is 0 Å². The summed E-state index contributed by atoms with van der Waals surface area (Å²) in [6, 6.07) is 0. The summed E-state index contributed by atoms with van der Waals surface area (Å²) >= 11 is 0. The van der Waals surface area contributed by atoms with Crippen LogP contribution in [0.5, 0.6) is 0 Å². The topological polar surface area (TPSA) is 79.2 Å². The highest BCUT2D eigenvalue weighted by molar-refractivity contribution is 4.87. The van der Waals surface area contributed by atoms with Gasteiger partial charge in [0.2, 0.25) is 0 Å². The summed E-state index contributed by atoms with van der Waals surface area (Å²) in [5.74, 6) is 0. The maximum atomic E-state index is 9.97. The van der Waals surface area contributed by atoms with Crippen LogP contribution in [0, 0.1) is 0 Å². The Bertz CT molecular complexity index is 415. The molecule has 1 heterocycles. The zero-order valence-electron chi connectivity index (χ0n) is 20.1. The molecule has 1 aliphatic heterocycles. The molecule has 1 fully saturated rings. The van der Waals surface area contributed by atoms with Gasteiger partial charge in [-0.25, -0.2) is 0 Å². The second kappa shape index (κ2) is 20.2. The number of ether oxygens (including phenoxy) is 2. The van der Waals surface area contributed by atoms with Crippen molar-refractivity contribution in [2.75, 3.05) is 19.8 Å². The zero-order valence-corrected chi connectivity index (χ0v) is 20.1. The second-order valence-electron chi connectivity index (χ2n) is 9.14. The highest BCUT2D eigenvalue weighted by Gasteiger charge is 2.39. The molecule has 0 aromatic rings. The first-order chi connectivity index (χ1) is 15.2. The number of unbranched alkanes of at least 4 members (excludes halogenated alkanes) is 14. The summed E-state index contributed by atoms with van der Waals surface area (Å²) in [4.78, 5) is 0. The van der Waals surface area contributed by atoms with Gasteiger partial charge in [0.15, 0.2) is 0 Å². The van der Waals surface area contributed by atoms with Crippen molar-refractivity contribution in [2.24, 2.45) is 0 Å². The second-order valence-corrected chi connectivity index (χ2v) is 9.14. The molecule has 0 aromatic carbocycles. The van der Waals surface area contributed by atoms with Crippen molar-refractivity contribution in [3.05, 3.63) is 12.2 Å². The summed E-state index contributed by atoms with van der Waals surface area (Å²) in [5, 5.41) is 29.1. The molecule has 0 amide bonds. The van der Waals surface area contributed by atoms with E-state index in [0.717, 1.165) is 12.8 Å². The zero-order chi connectivity index (χ0) is 22.6. The normalized spacial score (nSPS) is 22.5. The van der Waals surface area contributed by atoms with Crippen LogP contribution in [-0.2, 0) is 9.47 Å². The SMILES string of the molecule is CCC/C=C/CCCCCCCCCCCCCCCOC[C@@H](O)[C@H]1OC[C@H](O)[C@H]1O. The Morgan fingerprint density at radius 3 is 1.84 bits per heavy atom. The lowest BCUT2D eigenvalue weighted by Crippen LogP contribution is -2.40. The Kier molecular flexibility index (Phi) is 18.6. The Balaban J connectivity index is 1.74. The fraction of sp³-hybridized carbons (Fsp3) is 0.923. The van der Waals surface area contributed by atoms with Crippen LogP contribution in [0.15, 0.2) is 12.2 Å². The summed E-state index contributed by atoms with van der Waals surface area (Å²) in [7, 11) is 0. The third kappa shape index (κ3) is 15.1. The Morgan fingerprint density at radius 2 is 1.32 bits per heavy atom. The lowest BCUT2D eigenvalue weighted by atomic mass is 10.0. The van der Waals surface area contributed by atoms with Crippen LogP contribution in [0.4, 0.5) is 0 Å². The van der Waals surface area contributed by atoms with Gasteiger partial charge in [-0.2, -0.15) is 0 Å². The fourth-order valence-electron chi connectivity index (χ4n) is 4.08. The number of aliphatic hydroxyl groups is 3. The van der Waals surface area contributed by atoms with E-state index < -0.39 is 24.4 Å². The fourth-order valence-corrected chi connectivity index (χ4v) is 4.08. The first kappa shape index (κ1) is 28.6. The molecule has 0 aromatic heterocycles. The van der Waals surface area contributed by atoms with Crippen molar-refractivity contribution in [1.29, 1.82) is 0 Å². The molecule has 5 nitrogen and oxygen atoms in total. The maximum absolute atomic E-state index is 9.97. The Hall–Kier alpha value is -0.460. The molecule has 1 aliphatic rings. The molecular formula is C26H50O5. The van der Waals surface area contributed by atoms with Crippen LogP contribution in [0.1, 0.15) is 110 Å². The van der Waals surface area contributed by atoms with E-state index in [1.54, 1.807) is 0 Å². The molecule has 5 heteroatoms.